The molecule has 1 N–H and O–H groups in total. The summed E-state index contributed by atoms with van der Waals surface area (Å²) in [4.78, 5) is 25.1. The Balaban J connectivity index is 2.28. The first-order valence-corrected chi connectivity index (χ1v) is 6.98. The number of carboxylic acid groups (broad SMARTS) is 1. The van der Waals surface area contributed by atoms with Gasteiger partial charge in [-0.25, -0.2) is 4.98 Å². The van der Waals surface area contributed by atoms with E-state index in [2.05, 4.69) is 4.98 Å². The molecule has 0 unspecified atom stereocenters. The molecule has 0 amide bonds. The number of hydrogen-bond acceptors (Lipinski definition) is 6. The van der Waals surface area contributed by atoms with Gasteiger partial charge in [-0.15, -0.1) is 11.3 Å². The number of hydrogen-bond donors (Lipinski definition) is 1. The summed E-state index contributed by atoms with van der Waals surface area (Å²) in [5.41, 5.74) is 0.915. The van der Waals surface area contributed by atoms with Crippen LogP contribution in [0.2, 0.25) is 0 Å². The van der Waals surface area contributed by atoms with Gasteiger partial charge in [0, 0.05) is 11.4 Å². The molecule has 0 aliphatic carbocycles. The second kappa shape index (κ2) is 5.81. The van der Waals surface area contributed by atoms with E-state index >= 15 is 0 Å². The maximum atomic E-state index is 10.9. The van der Waals surface area contributed by atoms with E-state index in [4.69, 9.17) is 5.11 Å². The van der Waals surface area contributed by atoms with Crippen LogP contribution in [0.1, 0.15) is 0 Å². The zero-order valence-corrected chi connectivity index (χ0v) is 11.1. The Labute approximate surface area is 116 Å². The predicted octanol–water partition coefficient (Wildman–Crippen LogP) is 2.90. The van der Waals surface area contributed by atoms with Crippen LogP contribution in [-0.2, 0) is 4.79 Å². The van der Waals surface area contributed by atoms with E-state index in [1.165, 1.54) is 17.4 Å². The quantitative estimate of drug-likeness (QED) is 0.518. The van der Waals surface area contributed by atoms with Gasteiger partial charge in [0.1, 0.15) is 0 Å². The van der Waals surface area contributed by atoms with Gasteiger partial charge in [-0.1, -0.05) is 23.9 Å². The molecule has 0 atom stereocenters. The maximum Gasteiger partial charge on any atom is 0.313 e. The first-order valence-electron chi connectivity index (χ1n) is 5.12. The minimum atomic E-state index is -0.924. The Hall–Kier alpha value is -1.93. The third kappa shape index (κ3) is 3.30. The number of benzene rings is 1. The van der Waals surface area contributed by atoms with Crippen LogP contribution in [0.4, 0.5) is 5.69 Å². The standard InChI is InChI=1S/C11H8N2O4S2/c14-10(15)6-19-11-12-8(5-18-11)7-3-1-2-4-9(7)13(16)17/h1-5H,6H2,(H,14,15). The first kappa shape index (κ1) is 13.5. The lowest BCUT2D eigenvalue weighted by Crippen LogP contribution is -1.97. The lowest BCUT2D eigenvalue weighted by atomic mass is 10.1. The Morgan fingerprint density at radius 3 is 2.89 bits per heavy atom. The van der Waals surface area contributed by atoms with E-state index < -0.39 is 10.9 Å². The van der Waals surface area contributed by atoms with Crippen molar-refractivity contribution in [2.24, 2.45) is 0 Å². The van der Waals surface area contributed by atoms with Crippen molar-refractivity contribution in [3.05, 3.63) is 39.8 Å². The Bertz CT molecular complexity index is 627. The molecule has 1 heterocycles. The highest BCUT2D eigenvalue weighted by molar-refractivity contribution is 8.01. The lowest BCUT2D eigenvalue weighted by molar-refractivity contribution is -0.384. The van der Waals surface area contributed by atoms with Gasteiger partial charge in [0.15, 0.2) is 4.34 Å². The van der Waals surface area contributed by atoms with Gasteiger partial charge in [0.05, 0.1) is 21.9 Å². The van der Waals surface area contributed by atoms with Crippen molar-refractivity contribution in [3.63, 3.8) is 0 Å². The summed E-state index contributed by atoms with van der Waals surface area (Å²) >= 11 is 2.37. The minimum Gasteiger partial charge on any atom is -0.481 e. The fourth-order valence-electron chi connectivity index (χ4n) is 1.42. The molecule has 0 fully saturated rings. The normalized spacial score (nSPS) is 10.3. The number of para-hydroxylation sites is 1. The number of nitro groups is 1. The fourth-order valence-corrected chi connectivity index (χ4v) is 2.97. The number of nitro benzene ring substituents is 1. The van der Waals surface area contributed by atoms with E-state index in [-0.39, 0.29) is 11.4 Å². The Morgan fingerprint density at radius 1 is 1.47 bits per heavy atom. The molecule has 0 bridgehead atoms. The minimum absolute atomic E-state index is 0.0115. The van der Waals surface area contributed by atoms with Crippen LogP contribution in [-0.4, -0.2) is 26.7 Å². The molecule has 0 aliphatic heterocycles. The summed E-state index contributed by atoms with van der Waals surface area (Å²) in [6.07, 6.45) is 0. The molecule has 0 aliphatic rings. The van der Waals surface area contributed by atoms with Crippen LogP contribution < -0.4 is 0 Å². The molecular weight excluding hydrogens is 288 g/mol. The van der Waals surface area contributed by atoms with Gasteiger partial charge in [0.25, 0.3) is 5.69 Å². The molecule has 0 spiro atoms. The number of aliphatic carboxylic acids is 1. The molecule has 2 aromatic rings. The molecule has 0 saturated carbocycles. The van der Waals surface area contributed by atoms with Crippen LogP contribution in [0.15, 0.2) is 34.0 Å². The van der Waals surface area contributed by atoms with E-state index in [0.717, 1.165) is 11.8 Å². The van der Waals surface area contributed by atoms with Crippen molar-refractivity contribution in [2.45, 2.75) is 4.34 Å². The van der Waals surface area contributed by atoms with Crippen molar-refractivity contribution >= 4 is 34.8 Å². The Kier molecular flexibility index (Phi) is 4.13. The van der Waals surface area contributed by atoms with Crippen molar-refractivity contribution in [1.29, 1.82) is 0 Å². The van der Waals surface area contributed by atoms with Crippen molar-refractivity contribution in [3.8, 4) is 11.3 Å². The second-order valence-electron chi connectivity index (χ2n) is 3.46. The summed E-state index contributed by atoms with van der Waals surface area (Å²) < 4.78 is 0.579. The third-order valence-corrected chi connectivity index (χ3v) is 4.18. The monoisotopic (exact) mass is 296 g/mol. The number of carbonyl (C=O) groups is 1. The number of aromatic nitrogens is 1. The summed E-state index contributed by atoms with van der Waals surface area (Å²) in [7, 11) is 0. The summed E-state index contributed by atoms with van der Waals surface area (Å²) in [5, 5.41) is 21.2. The van der Waals surface area contributed by atoms with Crippen LogP contribution in [0.3, 0.4) is 0 Å². The fraction of sp³-hybridized carbons (Fsp3) is 0.0909. The zero-order valence-electron chi connectivity index (χ0n) is 9.48. The number of thioether (sulfide) groups is 1. The van der Waals surface area contributed by atoms with Crippen molar-refractivity contribution < 1.29 is 14.8 Å². The van der Waals surface area contributed by atoms with Crippen molar-refractivity contribution in [2.75, 3.05) is 5.75 Å². The summed E-state index contributed by atoms with van der Waals surface area (Å²) in [6.45, 7) is 0. The molecule has 0 radical (unpaired) electrons. The first-order chi connectivity index (χ1) is 9.08. The average Bonchev–Trinajstić information content (AvgIpc) is 2.85. The summed E-state index contributed by atoms with van der Waals surface area (Å²) in [6, 6.07) is 6.33. The highest BCUT2D eigenvalue weighted by Gasteiger charge is 2.16. The topological polar surface area (TPSA) is 93.3 Å². The van der Waals surface area contributed by atoms with Gasteiger partial charge < -0.3 is 5.11 Å². The molecule has 19 heavy (non-hydrogen) atoms. The zero-order chi connectivity index (χ0) is 13.8. The molecule has 6 nitrogen and oxygen atoms in total. The maximum absolute atomic E-state index is 10.9. The number of carboxylic acids is 1. The van der Waals surface area contributed by atoms with E-state index in [1.807, 2.05) is 0 Å². The van der Waals surface area contributed by atoms with Crippen LogP contribution in [0.25, 0.3) is 11.3 Å². The third-order valence-electron chi connectivity index (χ3n) is 2.18. The molecule has 1 aromatic carbocycles. The number of thiazole rings is 1. The Morgan fingerprint density at radius 2 is 2.21 bits per heavy atom. The lowest BCUT2D eigenvalue weighted by Gasteiger charge is -1.98. The van der Waals surface area contributed by atoms with Crippen LogP contribution >= 0.6 is 23.1 Å². The van der Waals surface area contributed by atoms with Gasteiger partial charge in [-0.3, -0.25) is 14.9 Å². The van der Waals surface area contributed by atoms with E-state index in [9.17, 15) is 14.9 Å². The highest BCUT2D eigenvalue weighted by Crippen LogP contribution is 2.33. The predicted molar refractivity (Wildman–Crippen MR) is 72.6 cm³/mol. The van der Waals surface area contributed by atoms with Crippen molar-refractivity contribution in [1.82, 2.24) is 4.98 Å². The van der Waals surface area contributed by atoms with Crippen LogP contribution in [0, 0.1) is 10.1 Å². The van der Waals surface area contributed by atoms with Crippen LogP contribution in [0.5, 0.6) is 0 Å². The molecule has 98 valence electrons. The molecule has 2 rings (SSSR count). The molecule has 0 saturated heterocycles. The van der Waals surface area contributed by atoms with Gasteiger partial charge >= 0.3 is 5.97 Å². The molecule has 1 aromatic heterocycles. The van der Waals surface area contributed by atoms with Gasteiger partial charge in [0.2, 0.25) is 0 Å². The van der Waals surface area contributed by atoms with Gasteiger partial charge in [-0.05, 0) is 6.07 Å². The SMILES string of the molecule is O=C(O)CSc1nc(-c2ccccc2[N+](=O)[O-])cs1. The highest BCUT2D eigenvalue weighted by atomic mass is 32.2. The summed E-state index contributed by atoms with van der Waals surface area (Å²) in [5.74, 6) is -1.00. The molecule has 8 heteroatoms. The van der Waals surface area contributed by atoms with Gasteiger partial charge in [-0.2, -0.15) is 0 Å². The second-order valence-corrected chi connectivity index (χ2v) is 5.54. The number of rotatable bonds is 5. The van der Waals surface area contributed by atoms with E-state index in [0.29, 0.717) is 15.6 Å². The number of nitrogens with zero attached hydrogens (tertiary/aromatic N) is 2. The average molecular weight is 296 g/mol. The smallest absolute Gasteiger partial charge is 0.313 e. The van der Waals surface area contributed by atoms with E-state index in [1.54, 1.807) is 23.6 Å². The largest absolute Gasteiger partial charge is 0.481 e. The molecular formula is C11H8N2O4S2.